The van der Waals surface area contributed by atoms with Gasteiger partial charge in [0.1, 0.15) is 12.2 Å². The van der Waals surface area contributed by atoms with E-state index in [4.69, 9.17) is 9.47 Å². The Labute approximate surface area is 184 Å². The molecule has 2 atom stereocenters. The molecule has 4 nitrogen and oxygen atoms in total. The van der Waals surface area contributed by atoms with Crippen LogP contribution in [0.25, 0.3) is 0 Å². The molecule has 29 heavy (non-hydrogen) atoms. The van der Waals surface area contributed by atoms with E-state index in [2.05, 4.69) is 43.6 Å². The zero-order valence-electron chi connectivity index (χ0n) is 18.8. The average molecular weight is 469 g/mol. The van der Waals surface area contributed by atoms with Gasteiger partial charge in [0.05, 0.1) is 11.1 Å². The number of ether oxygens (including phenoxy) is 2. The number of hydrogen-bond acceptors (Lipinski definition) is 4. The molecular weight excluding hydrogens is 432 g/mol. The van der Waals surface area contributed by atoms with Crippen LogP contribution < -0.4 is 0 Å². The summed E-state index contributed by atoms with van der Waals surface area (Å²) in [7, 11) is 0. The number of halogens is 1. The summed E-state index contributed by atoms with van der Waals surface area (Å²) in [5.74, 6) is 0.156. The SMILES string of the molecule is CCC(CCC(C)C)OC(=O)c1cccc(Br)c1C(=O)OC(CC)CCC(C)C. The molecule has 1 aromatic carbocycles. The van der Waals surface area contributed by atoms with Gasteiger partial charge in [0.2, 0.25) is 0 Å². The zero-order chi connectivity index (χ0) is 22.0. The van der Waals surface area contributed by atoms with Gasteiger partial charge in [0.15, 0.2) is 0 Å². The van der Waals surface area contributed by atoms with Crippen molar-refractivity contribution in [3.8, 4) is 0 Å². The summed E-state index contributed by atoms with van der Waals surface area (Å²) < 4.78 is 12.0. The Bertz CT molecular complexity index is 654. The summed E-state index contributed by atoms with van der Waals surface area (Å²) in [5, 5.41) is 0. The molecule has 0 saturated carbocycles. The van der Waals surface area contributed by atoms with E-state index in [9.17, 15) is 9.59 Å². The topological polar surface area (TPSA) is 52.6 Å². The Morgan fingerprint density at radius 3 is 1.76 bits per heavy atom. The van der Waals surface area contributed by atoms with Crippen LogP contribution in [-0.2, 0) is 9.47 Å². The second kappa shape index (κ2) is 13.0. The van der Waals surface area contributed by atoms with Gasteiger partial charge in [-0.2, -0.15) is 0 Å². The van der Waals surface area contributed by atoms with Crippen molar-refractivity contribution in [1.29, 1.82) is 0 Å². The van der Waals surface area contributed by atoms with Crippen LogP contribution >= 0.6 is 15.9 Å². The normalized spacial score (nSPS) is 13.4. The lowest BCUT2D eigenvalue weighted by Gasteiger charge is -2.20. The molecule has 0 N–H and O–H groups in total. The van der Waals surface area contributed by atoms with Crippen LogP contribution in [-0.4, -0.2) is 24.1 Å². The van der Waals surface area contributed by atoms with Crippen molar-refractivity contribution in [2.75, 3.05) is 0 Å². The Morgan fingerprint density at radius 1 is 0.828 bits per heavy atom. The Morgan fingerprint density at radius 2 is 1.31 bits per heavy atom. The van der Waals surface area contributed by atoms with Gasteiger partial charge < -0.3 is 9.47 Å². The third kappa shape index (κ3) is 8.90. The van der Waals surface area contributed by atoms with Crippen LogP contribution in [0.1, 0.15) is 101 Å². The van der Waals surface area contributed by atoms with Crippen molar-refractivity contribution in [2.45, 2.75) is 92.3 Å². The maximum atomic E-state index is 12.9. The Kier molecular flexibility index (Phi) is 11.6. The monoisotopic (exact) mass is 468 g/mol. The third-order valence-corrected chi connectivity index (χ3v) is 5.69. The second-order valence-corrected chi connectivity index (χ2v) is 9.33. The van der Waals surface area contributed by atoms with Crippen LogP contribution in [0.3, 0.4) is 0 Å². The summed E-state index contributed by atoms with van der Waals surface area (Å²) in [6, 6.07) is 5.12. The first kappa shape index (κ1) is 25.7. The van der Waals surface area contributed by atoms with Gasteiger partial charge in [-0.05, 0) is 78.4 Å². The molecule has 0 aromatic heterocycles. The van der Waals surface area contributed by atoms with Crippen LogP contribution in [0.4, 0.5) is 0 Å². The van der Waals surface area contributed by atoms with Gasteiger partial charge in [-0.3, -0.25) is 0 Å². The van der Waals surface area contributed by atoms with E-state index in [-0.39, 0.29) is 23.3 Å². The summed E-state index contributed by atoms with van der Waals surface area (Å²) in [6.07, 6.45) is 4.81. The minimum Gasteiger partial charge on any atom is -0.459 e. The van der Waals surface area contributed by atoms with Crippen LogP contribution in [0.2, 0.25) is 0 Å². The standard InChI is InChI=1S/C24H37BrO4/c1-7-18(14-12-16(3)4)28-23(26)20-10-9-11-21(25)22(20)24(27)29-19(8-2)15-13-17(5)6/h9-11,16-19H,7-8,12-15H2,1-6H3. The molecule has 0 spiro atoms. The second-order valence-electron chi connectivity index (χ2n) is 8.48. The zero-order valence-corrected chi connectivity index (χ0v) is 20.4. The van der Waals surface area contributed by atoms with Crippen LogP contribution in [0.5, 0.6) is 0 Å². The predicted molar refractivity (Wildman–Crippen MR) is 121 cm³/mol. The van der Waals surface area contributed by atoms with E-state index in [1.165, 1.54) is 0 Å². The summed E-state index contributed by atoms with van der Waals surface area (Å²) in [5.41, 5.74) is 0.505. The molecule has 5 heteroatoms. The van der Waals surface area contributed by atoms with E-state index >= 15 is 0 Å². The lowest BCUT2D eigenvalue weighted by molar-refractivity contribution is 0.0212. The molecule has 0 saturated heterocycles. The van der Waals surface area contributed by atoms with E-state index in [1.54, 1.807) is 18.2 Å². The molecule has 0 radical (unpaired) electrons. The average Bonchev–Trinajstić information content (AvgIpc) is 2.67. The summed E-state index contributed by atoms with van der Waals surface area (Å²) >= 11 is 3.41. The predicted octanol–water partition coefficient (Wildman–Crippen LogP) is 7.19. The van der Waals surface area contributed by atoms with Gasteiger partial charge in [-0.25, -0.2) is 9.59 Å². The molecule has 0 heterocycles. The highest BCUT2D eigenvalue weighted by molar-refractivity contribution is 9.10. The third-order valence-electron chi connectivity index (χ3n) is 5.03. The highest BCUT2D eigenvalue weighted by Gasteiger charge is 2.26. The quantitative estimate of drug-likeness (QED) is 0.304. The lowest BCUT2D eigenvalue weighted by Crippen LogP contribution is -2.23. The summed E-state index contributed by atoms with van der Waals surface area (Å²) in [6.45, 7) is 12.6. The van der Waals surface area contributed by atoms with Crippen molar-refractivity contribution >= 4 is 27.9 Å². The first-order valence-electron chi connectivity index (χ1n) is 10.9. The number of hydrogen-bond donors (Lipinski definition) is 0. The maximum absolute atomic E-state index is 12.9. The van der Waals surface area contributed by atoms with Crippen molar-refractivity contribution in [3.05, 3.63) is 33.8 Å². The molecule has 0 amide bonds. The number of benzene rings is 1. The Hall–Kier alpha value is -1.36. The molecule has 0 aliphatic rings. The van der Waals surface area contributed by atoms with Gasteiger partial charge in [0, 0.05) is 4.47 Å². The van der Waals surface area contributed by atoms with Crippen molar-refractivity contribution in [1.82, 2.24) is 0 Å². The lowest BCUT2D eigenvalue weighted by atomic mass is 10.0. The van der Waals surface area contributed by atoms with E-state index in [1.807, 2.05) is 13.8 Å². The van der Waals surface area contributed by atoms with Crippen LogP contribution in [0, 0.1) is 11.8 Å². The fourth-order valence-corrected chi connectivity index (χ4v) is 3.59. The minimum atomic E-state index is -0.477. The Balaban J connectivity index is 2.96. The summed E-state index contributed by atoms with van der Waals surface area (Å²) in [4.78, 5) is 25.8. The fourth-order valence-electron chi connectivity index (χ4n) is 3.06. The smallest absolute Gasteiger partial charge is 0.340 e. The van der Waals surface area contributed by atoms with Gasteiger partial charge in [-0.1, -0.05) is 47.6 Å². The first-order chi connectivity index (χ1) is 13.7. The molecular formula is C24H37BrO4. The molecule has 0 aliphatic heterocycles. The van der Waals surface area contributed by atoms with Gasteiger partial charge in [0.25, 0.3) is 0 Å². The fraction of sp³-hybridized carbons (Fsp3) is 0.667. The van der Waals surface area contributed by atoms with Crippen molar-refractivity contribution in [3.63, 3.8) is 0 Å². The largest absolute Gasteiger partial charge is 0.459 e. The molecule has 0 bridgehead atoms. The minimum absolute atomic E-state index is 0.151. The molecule has 164 valence electrons. The molecule has 0 aliphatic carbocycles. The molecule has 1 rings (SSSR count). The van der Waals surface area contributed by atoms with Gasteiger partial charge >= 0.3 is 11.9 Å². The van der Waals surface area contributed by atoms with E-state index < -0.39 is 11.9 Å². The molecule has 1 aromatic rings. The number of rotatable bonds is 12. The maximum Gasteiger partial charge on any atom is 0.340 e. The highest BCUT2D eigenvalue weighted by Crippen LogP contribution is 2.25. The van der Waals surface area contributed by atoms with E-state index in [0.29, 0.717) is 16.3 Å². The van der Waals surface area contributed by atoms with Crippen LogP contribution in [0.15, 0.2) is 22.7 Å². The molecule has 2 unspecified atom stereocenters. The van der Waals surface area contributed by atoms with Crippen molar-refractivity contribution < 1.29 is 19.1 Å². The number of esters is 2. The first-order valence-corrected chi connectivity index (χ1v) is 11.7. The number of carbonyl (C=O) groups is 2. The number of carbonyl (C=O) groups excluding carboxylic acids is 2. The molecule has 0 fully saturated rings. The van der Waals surface area contributed by atoms with Gasteiger partial charge in [-0.15, -0.1) is 0 Å². The highest BCUT2D eigenvalue weighted by atomic mass is 79.9. The van der Waals surface area contributed by atoms with E-state index in [0.717, 1.165) is 38.5 Å². The van der Waals surface area contributed by atoms with Crippen molar-refractivity contribution in [2.24, 2.45) is 11.8 Å².